The van der Waals surface area contributed by atoms with Crippen LogP contribution in [0.4, 0.5) is 5.69 Å². The van der Waals surface area contributed by atoms with Crippen molar-refractivity contribution < 1.29 is 14.3 Å². The average molecular weight is 459 g/mol. The van der Waals surface area contributed by atoms with Crippen molar-refractivity contribution in [2.75, 3.05) is 18.5 Å². The second-order valence-corrected chi connectivity index (χ2v) is 7.13. The monoisotopic (exact) mass is 458 g/mol. The standard InChI is InChI=1S/C20H19BrN4O4/c1-4-28-17-8-12(10-22)7-14(21)19(17)29-11-18(26)23-13-5-6-15-16(9-13)25(3)20(27)24(15)2/h5-9H,4,11H2,1-3H3,(H,23,26). The van der Waals surface area contributed by atoms with Crippen molar-refractivity contribution in [3.63, 3.8) is 0 Å². The molecule has 1 N–H and O–H groups in total. The number of amides is 1. The molecule has 8 nitrogen and oxygen atoms in total. The number of halogens is 1. The molecule has 3 aromatic rings. The molecule has 0 aliphatic rings. The normalized spacial score (nSPS) is 10.6. The lowest BCUT2D eigenvalue weighted by molar-refractivity contribution is -0.118. The highest BCUT2D eigenvalue weighted by Crippen LogP contribution is 2.36. The molecule has 0 aliphatic heterocycles. The first-order chi connectivity index (χ1) is 13.8. The highest BCUT2D eigenvalue weighted by Gasteiger charge is 2.15. The summed E-state index contributed by atoms with van der Waals surface area (Å²) in [5.74, 6) is 0.359. The van der Waals surface area contributed by atoms with E-state index in [4.69, 9.17) is 14.7 Å². The van der Waals surface area contributed by atoms with Crippen LogP contribution in [0.25, 0.3) is 11.0 Å². The van der Waals surface area contributed by atoms with Crippen molar-refractivity contribution in [2.24, 2.45) is 14.1 Å². The van der Waals surface area contributed by atoms with Crippen molar-refractivity contribution in [3.8, 4) is 17.6 Å². The molecule has 3 rings (SSSR count). The Morgan fingerprint density at radius 1 is 1.17 bits per heavy atom. The Kier molecular flexibility index (Phi) is 5.94. The second kappa shape index (κ2) is 8.41. The minimum Gasteiger partial charge on any atom is -0.490 e. The quantitative estimate of drug-likeness (QED) is 0.612. The van der Waals surface area contributed by atoms with Crippen LogP contribution < -0.4 is 20.5 Å². The third-order valence-electron chi connectivity index (χ3n) is 4.34. The Labute approximate surface area is 175 Å². The lowest BCUT2D eigenvalue weighted by Gasteiger charge is -2.14. The first-order valence-electron chi connectivity index (χ1n) is 8.80. The molecular formula is C20H19BrN4O4. The number of imidazole rings is 1. The Morgan fingerprint density at radius 2 is 1.90 bits per heavy atom. The maximum Gasteiger partial charge on any atom is 0.328 e. The van der Waals surface area contributed by atoms with Crippen LogP contribution in [-0.4, -0.2) is 28.3 Å². The zero-order chi connectivity index (χ0) is 21.1. The topological polar surface area (TPSA) is 98.3 Å². The summed E-state index contributed by atoms with van der Waals surface area (Å²) in [7, 11) is 3.37. The number of carbonyl (C=O) groups is 1. The van der Waals surface area contributed by atoms with Crippen LogP contribution in [0.2, 0.25) is 0 Å². The SMILES string of the molecule is CCOc1cc(C#N)cc(Br)c1OCC(=O)Nc1ccc2c(c1)n(C)c(=O)n2C. The van der Waals surface area contributed by atoms with Crippen LogP contribution in [0.1, 0.15) is 12.5 Å². The number of hydrogen-bond acceptors (Lipinski definition) is 5. The first-order valence-corrected chi connectivity index (χ1v) is 9.59. The third kappa shape index (κ3) is 4.12. The van der Waals surface area contributed by atoms with Crippen molar-refractivity contribution >= 4 is 38.6 Å². The number of benzene rings is 2. The molecule has 0 aliphatic carbocycles. The van der Waals surface area contributed by atoms with Gasteiger partial charge in [0.15, 0.2) is 18.1 Å². The molecule has 1 amide bonds. The molecule has 9 heteroatoms. The number of aryl methyl sites for hydroxylation is 2. The van der Waals surface area contributed by atoms with E-state index in [0.29, 0.717) is 39.3 Å². The predicted octanol–water partition coefficient (Wildman–Crippen LogP) is 2.93. The van der Waals surface area contributed by atoms with E-state index >= 15 is 0 Å². The van der Waals surface area contributed by atoms with E-state index in [1.165, 1.54) is 4.57 Å². The molecule has 0 spiro atoms. The van der Waals surface area contributed by atoms with E-state index in [1.54, 1.807) is 49.0 Å². The smallest absolute Gasteiger partial charge is 0.328 e. The fourth-order valence-electron chi connectivity index (χ4n) is 2.95. The van der Waals surface area contributed by atoms with Gasteiger partial charge < -0.3 is 14.8 Å². The Morgan fingerprint density at radius 3 is 2.59 bits per heavy atom. The summed E-state index contributed by atoms with van der Waals surface area (Å²) in [5.41, 5.74) is 2.32. The van der Waals surface area contributed by atoms with Gasteiger partial charge in [0.25, 0.3) is 5.91 Å². The van der Waals surface area contributed by atoms with Crippen LogP contribution in [0, 0.1) is 11.3 Å². The van der Waals surface area contributed by atoms with Gasteiger partial charge in [-0.25, -0.2) is 4.79 Å². The van der Waals surface area contributed by atoms with Gasteiger partial charge in [0.05, 0.1) is 33.7 Å². The number of hydrogen-bond donors (Lipinski definition) is 1. The molecule has 0 bridgehead atoms. The number of aromatic nitrogens is 2. The molecular weight excluding hydrogens is 440 g/mol. The molecule has 2 aromatic carbocycles. The largest absolute Gasteiger partial charge is 0.490 e. The average Bonchev–Trinajstić information content (AvgIpc) is 2.91. The third-order valence-corrected chi connectivity index (χ3v) is 4.93. The van der Waals surface area contributed by atoms with Gasteiger partial charge >= 0.3 is 5.69 Å². The maximum atomic E-state index is 12.4. The van der Waals surface area contributed by atoms with Gasteiger partial charge in [-0.2, -0.15) is 5.26 Å². The fraction of sp³-hybridized carbons (Fsp3) is 0.250. The van der Waals surface area contributed by atoms with E-state index in [1.807, 2.05) is 13.0 Å². The first kappa shape index (κ1) is 20.5. The van der Waals surface area contributed by atoms with Crippen molar-refractivity contribution in [3.05, 3.63) is 50.9 Å². The summed E-state index contributed by atoms with van der Waals surface area (Å²) in [5, 5.41) is 11.8. The number of fused-ring (bicyclic) bond motifs is 1. The van der Waals surface area contributed by atoms with Gasteiger partial charge in [0.1, 0.15) is 0 Å². The molecule has 0 atom stereocenters. The summed E-state index contributed by atoms with van der Waals surface area (Å²) >= 11 is 3.35. The Hall–Kier alpha value is -3.25. The molecule has 0 fully saturated rings. The molecule has 0 radical (unpaired) electrons. The minimum atomic E-state index is -0.371. The van der Waals surface area contributed by atoms with E-state index in [0.717, 1.165) is 5.52 Å². The number of ether oxygens (including phenoxy) is 2. The summed E-state index contributed by atoms with van der Waals surface area (Å²) in [4.78, 5) is 24.4. The summed E-state index contributed by atoms with van der Waals surface area (Å²) in [6.07, 6.45) is 0. The molecule has 150 valence electrons. The molecule has 0 saturated heterocycles. The van der Waals surface area contributed by atoms with Crippen molar-refractivity contribution in [1.82, 2.24) is 9.13 Å². The number of nitrogens with one attached hydrogen (secondary N) is 1. The van der Waals surface area contributed by atoms with Gasteiger partial charge in [0.2, 0.25) is 0 Å². The van der Waals surface area contributed by atoms with Crippen molar-refractivity contribution in [2.45, 2.75) is 6.92 Å². The number of nitrogens with zero attached hydrogens (tertiary/aromatic N) is 3. The van der Waals surface area contributed by atoms with Crippen LogP contribution in [0.3, 0.4) is 0 Å². The van der Waals surface area contributed by atoms with E-state index in [9.17, 15) is 9.59 Å². The van der Waals surface area contributed by atoms with E-state index in [-0.39, 0.29) is 18.2 Å². The zero-order valence-electron chi connectivity index (χ0n) is 16.2. The van der Waals surface area contributed by atoms with Crippen LogP contribution >= 0.6 is 15.9 Å². The van der Waals surface area contributed by atoms with Crippen LogP contribution in [-0.2, 0) is 18.9 Å². The van der Waals surface area contributed by atoms with Gasteiger partial charge in [-0.1, -0.05) is 0 Å². The molecule has 29 heavy (non-hydrogen) atoms. The second-order valence-electron chi connectivity index (χ2n) is 6.27. The summed E-state index contributed by atoms with van der Waals surface area (Å²) in [6.45, 7) is 1.95. The van der Waals surface area contributed by atoms with Crippen LogP contribution in [0.5, 0.6) is 11.5 Å². The van der Waals surface area contributed by atoms with Crippen LogP contribution in [0.15, 0.2) is 39.6 Å². The minimum absolute atomic E-state index is 0.138. The lowest BCUT2D eigenvalue weighted by atomic mass is 10.2. The van der Waals surface area contributed by atoms with Crippen molar-refractivity contribution in [1.29, 1.82) is 5.26 Å². The van der Waals surface area contributed by atoms with Gasteiger partial charge in [-0.3, -0.25) is 13.9 Å². The van der Waals surface area contributed by atoms with E-state index < -0.39 is 0 Å². The summed E-state index contributed by atoms with van der Waals surface area (Å²) in [6, 6.07) is 10.4. The Balaban J connectivity index is 1.75. The van der Waals surface area contributed by atoms with Gasteiger partial charge in [-0.15, -0.1) is 0 Å². The fourth-order valence-corrected chi connectivity index (χ4v) is 3.51. The zero-order valence-corrected chi connectivity index (χ0v) is 17.7. The van der Waals surface area contributed by atoms with Gasteiger partial charge in [0, 0.05) is 25.8 Å². The van der Waals surface area contributed by atoms with Gasteiger partial charge in [-0.05, 0) is 47.1 Å². The summed E-state index contributed by atoms with van der Waals surface area (Å²) < 4.78 is 14.7. The number of nitriles is 1. The van der Waals surface area contributed by atoms with E-state index in [2.05, 4.69) is 21.2 Å². The highest BCUT2D eigenvalue weighted by molar-refractivity contribution is 9.10. The number of rotatable bonds is 6. The lowest BCUT2D eigenvalue weighted by Crippen LogP contribution is -2.20. The Bertz CT molecular complexity index is 1190. The molecule has 1 aromatic heterocycles. The number of carbonyl (C=O) groups excluding carboxylic acids is 1. The molecule has 0 unspecified atom stereocenters. The molecule has 1 heterocycles. The maximum absolute atomic E-state index is 12.4. The molecule has 0 saturated carbocycles. The predicted molar refractivity (Wildman–Crippen MR) is 112 cm³/mol. The highest BCUT2D eigenvalue weighted by atomic mass is 79.9. The number of anilines is 1.